The van der Waals surface area contributed by atoms with Gasteiger partial charge in [-0.05, 0) is 30.7 Å². The number of carbonyl (C=O) groups excluding carboxylic acids is 1. The molecular formula is C16H11Cl2NO. The second kappa shape index (κ2) is 4.97. The van der Waals surface area contributed by atoms with E-state index in [4.69, 9.17) is 23.2 Å². The quantitative estimate of drug-likeness (QED) is 0.663. The van der Waals surface area contributed by atoms with E-state index < -0.39 is 0 Å². The fraction of sp³-hybridized carbons (Fsp3) is 0.0625. The predicted molar refractivity (Wildman–Crippen MR) is 82.9 cm³/mol. The number of hydrogen-bond donors (Lipinski definition) is 1. The van der Waals surface area contributed by atoms with Gasteiger partial charge in [0.05, 0.1) is 10.0 Å². The van der Waals surface area contributed by atoms with E-state index >= 15 is 0 Å². The molecule has 0 aliphatic carbocycles. The van der Waals surface area contributed by atoms with E-state index in [0.29, 0.717) is 21.2 Å². The van der Waals surface area contributed by atoms with Gasteiger partial charge in [0.25, 0.3) is 0 Å². The Morgan fingerprint density at radius 1 is 1.10 bits per heavy atom. The zero-order valence-electron chi connectivity index (χ0n) is 10.7. The molecule has 3 rings (SSSR count). The fourth-order valence-corrected chi connectivity index (χ4v) is 2.64. The van der Waals surface area contributed by atoms with Crippen LogP contribution in [-0.2, 0) is 0 Å². The van der Waals surface area contributed by atoms with Gasteiger partial charge in [-0.15, -0.1) is 0 Å². The number of nitrogens with one attached hydrogen (secondary N) is 1. The van der Waals surface area contributed by atoms with Gasteiger partial charge in [0.15, 0.2) is 5.78 Å². The van der Waals surface area contributed by atoms with Crippen molar-refractivity contribution in [1.29, 1.82) is 0 Å². The number of ketones is 1. The second-order valence-electron chi connectivity index (χ2n) is 4.68. The molecule has 0 bridgehead atoms. The van der Waals surface area contributed by atoms with Crippen molar-refractivity contribution in [3.63, 3.8) is 0 Å². The summed E-state index contributed by atoms with van der Waals surface area (Å²) in [4.78, 5) is 15.7. The molecule has 1 heterocycles. The number of carbonyl (C=O) groups is 1. The van der Waals surface area contributed by atoms with E-state index in [0.717, 1.165) is 16.5 Å². The van der Waals surface area contributed by atoms with Gasteiger partial charge in [-0.3, -0.25) is 4.79 Å². The predicted octanol–water partition coefficient (Wildman–Crippen LogP) is 5.01. The van der Waals surface area contributed by atoms with Gasteiger partial charge in [-0.2, -0.15) is 0 Å². The number of rotatable bonds is 2. The van der Waals surface area contributed by atoms with Crippen LogP contribution in [0.25, 0.3) is 10.9 Å². The molecule has 0 unspecified atom stereocenters. The highest BCUT2D eigenvalue weighted by Gasteiger charge is 2.18. The molecule has 3 aromatic rings. The molecule has 0 radical (unpaired) electrons. The Bertz CT molecular complexity index is 820. The minimum absolute atomic E-state index is 0.132. The normalized spacial score (nSPS) is 10.9. The highest BCUT2D eigenvalue weighted by Crippen LogP contribution is 2.29. The zero-order valence-corrected chi connectivity index (χ0v) is 12.2. The average molecular weight is 304 g/mol. The number of fused-ring (bicyclic) bond motifs is 1. The lowest BCUT2D eigenvalue weighted by Crippen LogP contribution is -2.01. The molecule has 20 heavy (non-hydrogen) atoms. The summed E-state index contributed by atoms with van der Waals surface area (Å²) in [6.07, 6.45) is 1.71. The first-order valence-electron chi connectivity index (χ1n) is 6.14. The van der Waals surface area contributed by atoms with Crippen LogP contribution in [0.15, 0.2) is 42.6 Å². The first-order chi connectivity index (χ1) is 9.58. The van der Waals surface area contributed by atoms with Crippen LogP contribution < -0.4 is 0 Å². The van der Waals surface area contributed by atoms with Crippen LogP contribution in [0, 0.1) is 6.92 Å². The molecule has 0 atom stereocenters. The van der Waals surface area contributed by atoms with Crippen molar-refractivity contribution in [2.75, 3.05) is 0 Å². The van der Waals surface area contributed by atoms with Crippen LogP contribution in [0.5, 0.6) is 0 Å². The molecular weight excluding hydrogens is 293 g/mol. The Labute approximate surface area is 126 Å². The minimum atomic E-state index is -0.132. The summed E-state index contributed by atoms with van der Waals surface area (Å²) in [6.45, 7) is 2.01. The molecule has 0 fully saturated rings. The monoisotopic (exact) mass is 303 g/mol. The van der Waals surface area contributed by atoms with Gasteiger partial charge >= 0.3 is 0 Å². The smallest absolute Gasteiger partial charge is 0.196 e. The van der Waals surface area contributed by atoms with Crippen molar-refractivity contribution in [3.8, 4) is 0 Å². The number of aromatic nitrogens is 1. The van der Waals surface area contributed by atoms with Gasteiger partial charge in [-0.25, -0.2) is 0 Å². The summed E-state index contributed by atoms with van der Waals surface area (Å²) in [7, 11) is 0. The molecule has 2 aromatic carbocycles. The Morgan fingerprint density at radius 3 is 2.70 bits per heavy atom. The number of halogens is 2. The van der Waals surface area contributed by atoms with Gasteiger partial charge in [0.2, 0.25) is 0 Å². The molecule has 100 valence electrons. The fourth-order valence-electron chi connectivity index (χ4n) is 2.25. The second-order valence-corrected chi connectivity index (χ2v) is 5.47. The molecule has 0 saturated carbocycles. The molecule has 1 aromatic heterocycles. The van der Waals surface area contributed by atoms with Gasteiger partial charge in [0.1, 0.15) is 0 Å². The lowest BCUT2D eigenvalue weighted by atomic mass is 10.0. The van der Waals surface area contributed by atoms with E-state index in [-0.39, 0.29) is 5.78 Å². The van der Waals surface area contributed by atoms with E-state index in [1.807, 2.05) is 25.1 Å². The minimum Gasteiger partial charge on any atom is -0.360 e. The highest BCUT2D eigenvalue weighted by molar-refractivity contribution is 6.44. The maximum Gasteiger partial charge on any atom is 0.196 e. The topological polar surface area (TPSA) is 32.9 Å². The number of aryl methyl sites for hydroxylation is 1. The number of hydrogen-bond acceptors (Lipinski definition) is 1. The van der Waals surface area contributed by atoms with Crippen LogP contribution in [0.2, 0.25) is 10.0 Å². The van der Waals surface area contributed by atoms with E-state index in [9.17, 15) is 4.79 Å². The summed E-state index contributed by atoms with van der Waals surface area (Å²) < 4.78 is 0. The van der Waals surface area contributed by atoms with Gasteiger partial charge < -0.3 is 4.98 Å². The number of H-pyrrole nitrogens is 1. The van der Waals surface area contributed by atoms with Crippen LogP contribution >= 0.6 is 23.2 Å². The molecule has 0 amide bonds. The van der Waals surface area contributed by atoms with Gasteiger partial charge in [-0.1, -0.05) is 41.4 Å². The summed E-state index contributed by atoms with van der Waals surface area (Å²) in [5, 5.41) is 1.56. The molecule has 0 saturated heterocycles. The lowest BCUT2D eigenvalue weighted by molar-refractivity contribution is 0.104. The molecule has 1 N–H and O–H groups in total. The molecule has 0 aliphatic heterocycles. The highest BCUT2D eigenvalue weighted by atomic mass is 35.5. The summed E-state index contributed by atoms with van der Waals surface area (Å²) in [6, 6.07) is 11.0. The van der Waals surface area contributed by atoms with E-state index in [1.165, 1.54) is 0 Å². The van der Waals surface area contributed by atoms with Crippen LogP contribution in [0.4, 0.5) is 0 Å². The Balaban J connectivity index is 2.16. The Morgan fingerprint density at radius 2 is 1.90 bits per heavy atom. The van der Waals surface area contributed by atoms with E-state index in [2.05, 4.69) is 4.98 Å². The summed E-state index contributed by atoms with van der Waals surface area (Å²) in [5.41, 5.74) is 3.09. The third-order valence-electron chi connectivity index (χ3n) is 3.28. The van der Waals surface area contributed by atoms with E-state index in [1.54, 1.807) is 24.4 Å². The maximum absolute atomic E-state index is 12.6. The van der Waals surface area contributed by atoms with Crippen LogP contribution in [-0.4, -0.2) is 10.8 Å². The van der Waals surface area contributed by atoms with Crippen molar-refractivity contribution in [3.05, 3.63) is 69.3 Å². The van der Waals surface area contributed by atoms with Crippen LogP contribution in [0.1, 0.15) is 21.5 Å². The number of benzene rings is 2. The maximum atomic E-state index is 12.6. The zero-order chi connectivity index (χ0) is 14.3. The van der Waals surface area contributed by atoms with Crippen molar-refractivity contribution >= 4 is 39.9 Å². The molecule has 0 spiro atoms. The third-order valence-corrected chi connectivity index (χ3v) is 4.10. The number of aromatic amines is 1. The standard InChI is InChI=1S/C16H11Cl2NO/c1-9-5-6-10-12(8-19-14(10)7-9)16(20)11-3-2-4-13(17)15(11)18/h2-8,19H,1H3. The third kappa shape index (κ3) is 2.11. The van der Waals surface area contributed by atoms with Crippen molar-refractivity contribution in [2.24, 2.45) is 0 Å². The average Bonchev–Trinajstić information content (AvgIpc) is 2.84. The van der Waals surface area contributed by atoms with Gasteiger partial charge in [0, 0.05) is 28.2 Å². The van der Waals surface area contributed by atoms with Crippen molar-refractivity contribution in [1.82, 2.24) is 4.98 Å². The van der Waals surface area contributed by atoms with Crippen LogP contribution in [0.3, 0.4) is 0 Å². The Kier molecular flexibility index (Phi) is 3.28. The Hall–Kier alpha value is -1.77. The molecule has 0 aliphatic rings. The molecule has 2 nitrogen and oxygen atoms in total. The first-order valence-corrected chi connectivity index (χ1v) is 6.90. The SMILES string of the molecule is Cc1ccc2c(C(=O)c3cccc(Cl)c3Cl)c[nH]c2c1. The van der Waals surface area contributed by atoms with Crippen molar-refractivity contribution in [2.45, 2.75) is 6.92 Å². The largest absolute Gasteiger partial charge is 0.360 e. The molecule has 4 heteroatoms. The first kappa shape index (κ1) is 13.2. The van der Waals surface area contributed by atoms with Crippen molar-refractivity contribution < 1.29 is 4.79 Å². The summed E-state index contributed by atoms with van der Waals surface area (Å²) in [5.74, 6) is -0.132. The lowest BCUT2D eigenvalue weighted by Gasteiger charge is -2.04. The summed E-state index contributed by atoms with van der Waals surface area (Å²) >= 11 is 12.1.